The van der Waals surface area contributed by atoms with Crippen LogP contribution in [0.1, 0.15) is 5.82 Å². The van der Waals surface area contributed by atoms with Gasteiger partial charge < -0.3 is 5.32 Å². The highest BCUT2D eigenvalue weighted by molar-refractivity contribution is 7.13. The summed E-state index contributed by atoms with van der Waals surface area (Å²) in [5, 5.41) is 18.0. The fraction of sp³-hybridized carbons (Fsp3) is 0.235. The van der Waals surface area contributed by atoms with Crippen LogP contribution in [0.2, 0.25) is 0 Å². The summed E-state index contributed by atoms with van der Waals surface area (Å²) >= 11 is 1.63. The van der Waals surface area contributed by atoms with Crippen LogP contribution in [-0.2, 0) is 25.3 Å². The monoisotopic (exact) mass is 382 g/mol. The first-order valence-corrected chi connectivity index (χ1v) is 9.17. The molecule has 1 N–H and O–H groups in total. The number of hydrogen-bond donors (Lipinski definition) is 1. The third-order valence-corrected chi connectivity index (χ3v) is 4.96. The minimum Gasteiger partial charge on any atom is -0.359 e. The van der Waals surface area contributed by atoms with Gasteiger partial charge in [0.25, 0.3) is 0 Å². The van der Waals surface area contributed by atoms with Crippen molar-refractivity contribution < 1.29 is 4.79 Å². The van der Waals surface area contributed by atoms with Crippen molar-refractivity contribution in [2.75, 3.05) is 7.05 Å². The van der Waals surface area contributed by atoms with Crippen LogP contribution in [0.25, 0.3) is 27.8 Å². The summed E-state index contributed by atoms with van der Waals surface area (Å²) in [6.07, 6.45) is 3.66. The van der Waals surface area contributed by atoms with Gasteiger partial charge in [0, 0.05) is 21.1 Å². The summed E-state index contributed by atoms with van der Waals surface area (Å²) in [6, 6.07) is 6.00. The minimum atomic E-state index is -0.144. The predicted octanol–water partition coefficient (Wildman–Crippen LogP) is 1.42. The lowest BCUT2D eigenvalue weighted by Crippen LogP contribution is -2.20. The van der Waals surface area contributed by atoms with Gasteiger partial charge in [-0.15, -0.1) is 16.4 Å². The fourth-order valence-corrected chi connectivity index (χ4v) is 3.43. The van der Waals surface area contributed by atoms with Crippen LogP contribution < -0.4 is 5.32 Å². The Labute approximate surface area is 159 Å². The van der Waals surface area contributed by atoms with Crippen LogP contribution in [0.4, 0.5) is 0 Å². The van der Waals surface area contributed by atoms with Gasteiger partial charge in [0.15, 0.2) is 11.6 Å². The first kappa shape index (κ1) is 17.2. The van der Waals surface area contributed by atoms with Crippen molar-refractivity contribution in [1.29, 1.82) is 0 Å². The van der Waals surface area contributed by atoms with Crippen molar-refractivity contribution in [1.82, 2.24) is 39.6 Å². The number of rotatable bonds is 5. The highest BCUT2D eigenvalue weighted by Gasteiger charge is 2.20. The Hall–Kier alpha value is -3.27. The van der Waals surface area contributed by atoms with Crippen molar-refractivity contribution in [3.63, 3.8) is 0 Å². The summed E-state index contributed by atoms with van der Waals surface area (Å²) < 4.78 is 5.16. The highest BCUT2D eigenvalue weighted by atomic mass is 32.1. The molecule has 0 radical (unpaired) electrons. The van der Waals surface area contributed by atoms with E-state index in [1.54, 1.807) is 38.6 Å². The Bertz CT molecular complexity index is 1090. The van der Waals surface area contributed by atoms with E-state index in [0.29, 0.717) is 11.6 Å². The third-order valence-electron chi connectivity index (χ3n) is 4.07. The van der Waals surface area contributed by atoms with Crippen molar-refractivity contribution in [2.45, 2.75) is 6.42 Å². The second kappa shape index (κ2) is 6.80. The normalized spacial score (nSPS) is 11.1. The van der Waals surface area contributed by atoms with Gasteiger partial charge in [-0.1, -0.05) is 6.07 Å². The lowest BCUT2D eigenvalue weighted by Gasteiger charge is -2.02. The van der Waals surface area contributed by atoms with Crippen molar-refractivity contribution in [3.05, 3.63) is 41.8 Å². The van der Waals surface area contributed by atoms with E-state index in [-0.39, 0.29) is 12.3 Å². The number of thiophene rings is 1. The van der Waals surface area contributed by atoms with E-state index in [1.807, 2.05) is 43.9 Å². The highest BCUT2D eigenvalue weighted by Crippen LogP contribution is 2.28. The molecule has 0 spiro atoms. The summed E-state index contributed by atoms with van der Waals surface area (Å²) in [6.45, 7) is 0. The Morgan fingerprint density at radius 3 is 2.81 bits per heavy atom. The van der Waals surface area contributed by atoms with E-state index < -0.39 is 0 Å². The lowest BCUT2D eigenvalue weighted by molar-refractivity contribution is -0.120. The minimum absolute atomic E-state index is 0.104. The molecule has 10 heteroatoms. The van der Waals surface area contributed by atoms with Crippen molar-refractivity contribution in [3.8, 4) is 27.8 Å². The van der Waals surface area contributed by atoms with E-state index in [0.717, 1.165) is 22.0 Å². The number of aromatic nitrogens is 7. The molecule has 4 aromatic heterocycles. The molecule has 0 aliphatic rings. The maximum Gasteiger partial charge on any atom is 0.227 e. The molecule has 4 aromatic rings. The van der Waals surface area contributed by atoms with Gasteiger partial charge in [0.1, 0.15) is 17.1 Å². The number of nitrogens with zero attached hydrogens (tertiary/aromatic N) is 7. The van der Waals surface area contributed by atoms with Gasteiger partial charge in [-0.05, 0) is 17.5 Å². The van der Waals surface area contributed by atoms with E-state index in [9.17, 15) is 4.79 Å². The van der Waals surface area contributed by atoms with E-state index in [4.69, 9.17) is 0 Å². The zero-order valence-corrected chi connectivity index (χ0v) is 15.9. The molecule has 0 atom stereocenters. The number of carbonyl (C=O) groups is 1. The molecule has 0 bridgehead atoms. The number of carbonyl (C=O) groups excluding carboxylic acids is 1. The van der Waals surface area contributed by atoms with E-state index in [2.05, 4.69) is 25.6 Å². The Balaban J connectivity index is 1.82. The fourth-order valence-electron chi connectivity index (χ4n) is 2.75. The molecular weight excluding hydrogens is 364 g/mol. The van der Waals surface area contributed by atoms with Gasteiger partial charge in [0.2, 0.25) is 5.91 Å². The van der Waals surface area contributed by atoms with Gasteiger partial charge >= 0.3 is 0 Å². The van der Waals surface area contributed by atoms with Gasteiger partial charge in [-0.25, -0.2) is 9.67 Å². The van der Waals surface area contributed by atoms with Crippen LogP contribution in [0.3, 0.4) is 0 Å². The Morgan fingerprint density at radius 2 is 2.15 bits per heavy atom. The number of likely N-dealkylation sites (N-methyl/N-ethyl adjacent to an activating group) is 1. The van der Waals surface area contributed by atoms with Crippen LogP contribution in [0.15, 0.2) is 36.0 Å². The largest absolute Gasteiger partial charge is 0.359 e. The maximum absolute atomic E-state index is 11.8. The quantitative estimate of drug-likeness (QED) is 0.563. The van der Waals surface area contributed by atoms with Gasteiger partial charge in [0.05, 0.1) is 23.7 Å². The van der Waals surface area contributed by atoms with Gasteiger partial charge in [-0.3, -0.25) is 14.2 Å². The van der Waals surface area contributed by atoms with Crippen molar-refractivity contribution in [2.24, 2.45) is 14.1 Å². The SMILES string of the molecule is CNC(=O)Cc1nc(-c2cc(-c3cccs3)nn2C)n(-c2cnn(C)c2)n1. The molecule has 4 rings (SSSR count). The summed E-state index contributed by atoms with van der Waals surface area (Å²) in [5.41, 5.74) is 2.44. The van der Waals surface area contributed by atoms with Crippen LogP contribution in [0.5, 0.6) is 0 Å². The van der Waals surface area contributed by atoms with Crippen molar-refractivity contribution >= 4 is 17.2 Å². The molecule has 1 amide bonds. The zero-order chi connectivity index (χ0) is 19.0. The average Bonchev–Trinajstić information content (AvgIpc) is 3.40. The van der Waals surface area contributed by atoms with Crippen LogP contribution >= 0.6 is 11.3 Å². The van der Waals surface area contributed by atoms with E-state index in [1.165, 1.54) is 0 Å². The molecule has 0 aliphatic carbocycles. The molecule has 9 nitrogen and oxygen atoms in total. The summed E-state index contributed by atoms with van der Waals surface area (Å²) in [4.78, 5) is 17.5. The summed E-state index contributed by atoms with van der Waals surface area (Å²) in [5.74, 6) is 0.904. The predicted molar refractivity (Wildman–Crippen MR) is 101 cm³/mol. The second-order valence-electron chi connectivity index (χ2n) is 6.00. The molecule has 27 heavy (non-hydrogen) atoms. The molecular formula is C17H18N8OS. The summed E-state index contributed by atoms with van der Waals surface area (Å²) in [7, 11) is 5.30. The number of amides is 1. The first-order valence-electron chi connectivity index (χ1n) is 8.29. The zero-order valence-electron chi connectivity index (χ0n) is 15.1. The standard InChI is InChI=1S/C17H18N8OS/c1-18-16(26)8-15-20-17(25(22-15)11-9-19-23(2)10-11)13-7-12(21-24(13)3)14-5-4-6-27-14/h4-7,9-10H,8H2,1-3H3,(H,18,26). The topological polar surface area (TPSA) is 95.5 Å². The third kappa shape index (κ3) is 3.26. The number of hydrogen-bond acceptors (Lipinski definition) is 6. The lowest BCUT2D eigenvalue weighted by atomic mass is 10.3. The molecule has 138 valence electrons. The molecule has 0 aromatic carbocycles. The van der Waals surface area contributed by atoms with Gasteiger partial charge in [-0.2, -0.15) is 10.2 Å². The maximum atomic E-state index is 11.8. The molecule has 0 saturated carbocycles. The van der Waals surface area contributed by atoms with Crippen LogP contribution in [-0.4, -0.2) is 47.3 Å². The molecule has 0 fully saturated rings. The Kier molecular flexibility index (Phi) is 4.32. The molecule has 4 heterocycles. The molecule has 0 unspecified atom stereocenters. The van der Waals surface area contributed by atoms with E-state index >= 15 is 0 Å². The second-order valence-corrected chi connectivity index (χ2v) is 6.95. The number of aryl methyl sites for hydroxylation is 2. The molecule has 0 saturated heterocycles. The van der Waals surface area contributed by atoms with Crippen LogP contribution in [0, 0.1) is 0 Å². The average molecular weight is 382 g/mol. The first-order chi connectivity index (χ1) is 13.0. The Morgan fingerprint density at radius 1 is 1.30 bits per heavy atom. The number of nitrogens with one attached hydrogen (secondary N) is 1. The smallest absolute Gasteiger partial charge is 0.227 e. The molecule has 0 aliphatic heterocycles.